The monoisotopic (exact) mass is 193 g/mol. The lowest BCUT2D eigenvalue weighted by molar-refractivity contribution is 0.418. The van der Waals surface area contributed by atoms with Crippen LogP contribution in [0, 0.1) is 0 Å². The fourth-order valence-corrected chi connectivity index (χ4v) is 1.71. The number of likely N-dealkylation sites (N-methyl/N-ethyl adjacent to an activating group) is 1. The van der Waals surface area contributed by atoms with Gasteiger partial charge in [0.15, 0.2) is 0 Å². The van der Waals surface area contributed by atoms with Crippen LogP contribution in [0.2, 0.25) is 0 Å². The highest BCUT2D eigenvalue weighted by Crippen LogP contribution is 2.06. The van der Waals surface area contributed by atoms with Gasteiger partial charge in [-0.25, -0.2) is 5.14 Å². The minimum atomic E-state index is -3.50. The summed E-state index contributed by atoms with van der Waals surface area (Å²) in [5.41, 5.74) is 0. The molecule has 3 N–H and O–H groups in total. The van der Waals surface area contributed by atoms with Crippen LogP contribution < -0.4 is 10.5 Å². The lowest BCUT2D eigenvalue weighted by Gasteiger charge is -2.17. The topological polar surface area (TPSA) is 75.4 Å². The number of rotatable bonds is 3. The van der Waals surface area contributed by atoms with Crippen molar-refractivity contribution in [3.05, 3.63) is 0 Å². The third kappa shape index (κ3) is 2.71. The summed E-state index contributed by atoms with van der Waals surface area (Å²) in [5.74, 6) is 0. The van der Waals surface area contributed by atoms with Crippen molar-refractivity contribution in [1.82, 2.24) is 9.62 Å². The van der Waals surface area contributed by atoms with Crippen molar-refractivity contribution in [2.45, 2.75) is 18.9 Å². The third-order valence-electron chi connectivity index (χ3n) is 2.07. The van der Waals surface area contributed by atoms with Crippen LogP contribution >= 0.6 is 0 Å². The smallest absolute Gasteiger partial charge is 0.276 e. The SMILES string of the molecule is CN(CC1CCCN1)S(N)(=O)=O. The Hall–Kier alpha value is -0.170. The van der Waals surface area contributed by atoms with E-state index in [1.165, 1.54) is 11.4 Å². The average molecular weight is 193 g/mol. The molecular weight excluding hydrogens is 178 g/mol. The molecular formula is C6H15N3O2S. The molecule has 0 aliphatic carbocycles. The van der Waals surface area contributed by atoms with Crippen LogP contribution in [-0.2, 0) is 10.2 Å². The summed E-state index contributed by atoms with van der Waals surface area (Å²) in [6.07, 6.45) is 2.14. The molecule has 6 heteroatoms. The Morgan fingerprint density at radius 1 is 1.67 bits per heavy atom. The fraction of sp³-hybridized carbons (Fsp3) is 1.00. The average Bonchev–Trinajstić information content (AvgIpc) is 2.37. The molecule has 1 heterocycles. The first kappa shape index (κ1) is 9.91. The van der Waals surface area contributed by atoms with E-state index in [4.69, 9.17) is 5.14 Å². The van der Waals surface area contributed by atoms with Crippen molar-refractivity contribution in [1.29, 1.82) is 0 Å². The highest BCUT2D eigenvalue weighted by atomic mass is 32.2. The zero-order chi connectivity index (χ0) is 9.19. The van der Waals surface area contributed by atoms with Crippen LogP contribution in [0.5, 0.6) is 0 Å². The first-order valence-electron chi connectivity index (χ1n) is 3.97. The van der Waals surface area contributed by atoms with Gasteiger partial charge in [0.25, 0.3) is 10.2 Å². The third-order valence-corrected chi connectivity index (χ3v) is 3.09. The quantitative estimate of drug-likeness (QED) is 0.596. The van der Waals surface area contributed by atoms with Crippen LogP contribution in [0.4, 0.5) is 0 Å². The van der Waals surface area contributed by atoms with E-state index in [0.717, 1.165) is 19.4 Å². The minimum Gasteiger partial charge on any atom is -0.313 e. The van der Waals surface area contributed by atoms with Crippen molar-refractivity contribution in [3.63, 3.8) is 0 Å². The largest absolute Gasteiger partial charge is 0.313 e. The zero-order valence-electron chi connectivity index (χ0n) is 7.16. The van der Waals surface area contributed by atoms with E-state index in [2.05, 4.69) is 5.32 Å². The van der Waals surface area contributed by atoms with Crippen LogP contribution in [0.3, 0.4) is 0 Å². The first-order chi connectivity index (χ1) is 5.50. The summed E-state index contributed by atoms with van der Waals surface area (Å²) >= 11 is 0. The number of hydrogen-bond acceptors (Lipinski definition) is 3. The van der Waals surface area contributed by atoms with Crippen LogP contribution in [0.15, 0.2) is 0 Å². The van der Waals surface area contributed by atoms with Gasteiger partial charge in [0.2, 0.25) is 0 Å². The maximum atomic E-state index is 10.8. The molecule has 1 fully saturated rings. The molecule has 12 heavy (non-hydrogen) atoms. The first-order valence-corrected chi connectivity index (χ1v) is 5.48. The predicted octanol–water partition coefficient (Wildman–Crippen LogP) is -1.13. The molecule has 1 unspecified atom stereocenters. The second-order valence-electron chi connectivity index (χ2n) is 3.12. The summed E-state index contributed by atoms with van der Waals surface area (Å²) in [6, 6.07) is 0.272. The van der Waals surface area contributed by atoms with E-state index in [9.17, 15) is 8.42 Å². The van der Waals surface area contributed by atoms with Crippen molar-refractivity contribution in [2.75, 3.05) is 20.1 Å². The Morgan fingerprint density at radius 2 is 2.33 bits per heavy atom. The van der Waals surface area contributed by atoms with E-state index in [1.54, 1.807) is 0 Å². The number of nitrogens with one attached hydrogen (secondary N) is 1. The standard InChI is InChI=1S/C6H15N3O2S/c1-9(12(7,10)11)5-6-3-2-4-8-6/h6,8H,2-5H2,1H3,(H2,7,10,11). The molecule has 0 aromatic rings. The van der Waals surface area contributed by atoms with E-state index >= 15 is 0 Å². The van der Waals surface area contributed by atoms with Gasteiger partial charge in [-0.05, 0) is 19.4 Å². The van der Waals surface area contributed by atoms with E-state index in [1.807, 2.05) is 0 Å². The molecule has 1 aliphatic rings. The fourth-order valence-electron chi connectivity index (χ4n) is 1.33. The molecule has 0 radical (unpaired) electrons. The normalized spacial score (nSPS) is 25.1. The lowest BCUT2D eigenvalue weighted by atomic mass is 10.2. The van der Waals surface area contributed by atoms with Crippen LogP contribution in [0.1, 0.15) is 12.8 Å². The van der Waals surface area contributed by atoms with Gasteiger partial charge in [-0.3, -0.25) is 0 Å². The molecule has 0 bridgehead atoms. The highest BCUT2D eigenvalue weighted by Gasteiger charge is 2.20. The molecule has 1 saturated heterocycles. The highest BCUT2D eigenvalue weighted by molar-refractivity contribution is 7.86. The van der Waals surface area contributed by atoms with Gasteiger partial charge in [-0.2, -0.15) is 12.7 Å². The Balaban J connectivity index is 2.40. The van der Waals surface area contributed by atoms with Gasteiger partial charge in [0.1, 0.15) is 0 Å². The number of nitrogens with zero attached hydrogens (tertiary/aromatic N) is 1. The summed E-state index contributed by atoms with van der Waals surface area (Å²) in [5, 5.41) is 8.13. The molecule has 0 saturated carbocycles. The lowest BCUT2D eigenvalue weighted by Crippen LogP contribution is -2.41. The van der Waals surface area contributed by atoms with E-state index in [-0.39, 0.29) is 6.04 Å². The van der Waals surface area contributed by atoms with Crippen molar-refractivity contribution in [2.24, 2.45) is 5.14 Å². The summed E-state index contributed by atoms with van der Waals surface area (Å²) < 4.78 is 22.8. The summed E-state index contributed by atoms with van der Waals surface area (Å²) in [4.78, 5) is 0. The van der Waals surface area contributed by atoms with Gasteiger partial charge in [0.05, 0.1) is 0 Å². The number of nitrogens with two attached hydrogens (primary N) is 1. The molecule has 0 aromatic heterocycles. The van der Waals surface area contributed by atoms with Crippen molar-refractivity contribution >= 4 is 10.2 Å². The second-order valence-corrected chi connectivity index (χ2v) is 4.77. The van der Waals surface area contributed by atoms with Crippen LogP contribution in [-0.4, -0.2) is 38.9 Å². The number of hydrogen-bond donors (Lipinski definition) is 2. The van der Waals surface area contributed by atoms with Gasteiger partial charge in [-0.15, -0.1) is 0 Å². The Labute approximate surface area is 73.1 Å². The summed E-state index contributed by atoms with van der Waals surface area (Å²) in [7, 11) is -2.00. The van der Waals surface area contributed by atoms with E-state index in [0.29, 0.717) is 6.54 Å². The molecule has 1 aliphatic heterocycles. The van der Waals surface area contributed by atoms with Gasteiger partial charge < -0.3 is 5.32 Å². The van der Waals surface area contributed by atoms with Gasteiger partial charge >= 0.3 is 0 Å². The van der Waals surface area contributed by atoms with Gasteiger partial charge in [0, 0.05) is 19.6 Å². The molecule has 0 aromatic carbocycles. The zero-order valence-corrected chi connectivity index (χ0v) is 7.97. The predicted molar refractivity (Wildman–Crippen MR) is 46.8 cm³/mol. The molecule has 0 spiro atoms. The second kappa shape index (κ2) is 3.69. The molecule has 5 nitrogen and oxygen atoms in total. The van der Waals surface area contributed by atoms with Crippen LogP contribution in [0.25, 0.3) is 0 Å². The molecule has 1 atom stereocenters. The molecule has 72 valence electrons. The minimum absolute atomic E-state index is 0.272. The van der Waals surface area contributed by atoms with Gasteiger partial charge in [-0.1, -0.05) is 0 Å². The maximum absolute atomic E-state index is 10.8. The molecule has 0 amide bonds. The summed E-state index contributed by atoms with van der Waals surface area (Å²) in [6.45, 7) is 1.45. The van der Waals surface area contributed by atoms with Crippen molar-refractivity contribution < 1.29 is 8.42 Å². The Kier molecular flexibility index (Phi) is 3.05. The van der Waals surface area contributed by atoms with Crippen molar-refractivity contribution in [3.8, 4) is 0 Å². The molecule has 1 rings (SSSR count). The Morgan fingerprint density at radius 3 is 2.75 bits per heavy atom. The Bertz CT molecular complexity index is 233. The maximum Gasteiger partial charge on any atom is 0.276 e. The van der Waals surface area contributed by atoms with E-state index < -0.39 is 10.2 Å².